The van der Waals surface area contributed by atoms with E-state index in [9.17, 15) is 0 Å². The number of halogens is 1. The fraction of sp³-hybridized carbons (Fsp3) is 0.300. The van der Waals surface area contributed by atoms with Crippen molar-refractivity contribution in [2.24, 2.45) is 9.98 Å². The van der Waals surface area contributed by atoms with E-state index in [4.69, 9.17) is 9.98 Å². The van der Waals surface area contributed by atoms with Crippen molar-refractivity contribution in [1.82, 2.24) is 4.90 Å². The molecule has 1 saturated heterocycles. The minimum absolute atomic E-state index is 0. The normalized spacial score (nSPS) is 19.5. The molecule has 2 aliphatic heterocycles. The molecular formula is C20H22ClN3. The van der Waals surface area contributed by atoms with Gasteiger partial charge in [0.25, 0.3) is 0 Å². The summed E-state index contributed by atoms with van der Waals surface area (Å²) < 4.78 is 0. The molecule has 2 aromatic rings. The predicted octanol–water partition coefficient (Wildman–Crippen LogP) is 3.82. The van der Waals surface area contributed by atoms with Gasteiger partial charge in [0.1, 0.15) is 0 Å². The van der Waals surface area contributed by atoms with E-state index in [1.807, 2.05) is 12.1 Å². The standard InChI is InChI=1S/C20H21N3.ClH/c1-23-14-12-20(13-15-23)21-18(16-8-4-2-5-9-16)19(22-20)17-10-6-3-7-11-17;/h2-11H,12-15H2,1H3;1H. The van der Waals surface area contributed by atoms with Crippen LogP contribution in [0.4, 0.5) is 0 Å². The fourth-order valence-corrected chi connectivity index (χ4v) is 3.34. The first-order chi connectivity index (χ1) is 11.3. The van der Waals surface area contributed by atoms with Crippen LogP contribution in [-0.4, -0.2) is 42.1 Å². The molecule has 4 rings (SSSR count). The second-order valence-corrected chi connectivity index (χ2v) is 6.44. The fourth-order valence-electron chi connectivity index (χ4n) is 3.34. The van der Waals surface area contributed by atoms with Crippen molar-refractivity contribution in [2.75, 3.05) is 20.1 Å². The maximum Gasteiger partial charge on any atom is 0.154 e. The van der Waals surface area contributed by atoms with Gasteiger partial charge in [-0.3, -0.25) is 9.98 Å². The van der Waals surface area contributed by atoms with E-state index in [0.717, 1.165) is 48.5 Å². The second kappa shape index (κ2) is 6.88. The number of aliphatic imine (C=N–C) groups is 2. The Kier molecular flexibility index (Phi) is 4.83. The number of hydrogen-bond acceptors (Lipinski definition) is 3. The maximum atomic E-state index is 5.13. The van der Waals surface area contributed by atoms with Crippen LogP contribution in [0.3, 0.4) is 0 Å². The van der Waals surface area contributed by atoms with Crippen LogP contribution in [0, 0.1) is 0 Å². The van der Waals surface area contributed by atoms with Gasteiger partial charge < -0.3 is 4.90 Å². The number of nitrogens with zero attached hydrogens (tertiary/aromatic N) is 3. The van der Waals surface area contributed by atoms with Crippen LogP contribution >= 0.6 is 12.4 Å². The zero-order valence-corrected chi connectivity index (χ0v) is 14.7. The Hall–Kier alpha value is -1.97. The summed E-state index contributed by atoms with van der Waals surface area (Å²) in [5.41, 5.74) is 4.14. The Bertz CT molecular complexity index is 687. The molecule has 24 heavy (non-hydrogen) atoms. The average molecular weight is 340 g/mol. The lowest BCUT2D eigenvalue weighted by molar-refractivity contribution is 0.200. The molecule has 2 aromatic carbocycles. The van der Waals surface area contributed by atoms with Crippen molar-refractivity contribution in [2.45, 2.75) is 18.5 Å². The van der Waals surface area contributed by atoms with Gasteiger partial charge in [0.05, 0.1) is 11.4 Å². The molecule has 0 bridgehead atoms. The third kappa shape index (κ3) is 3.14. The number of hydrogen-bond donors (Lipinski definition) is 0. The van der Waals surface area contributed by atoms with E-state index >= 15 is 0 Å². The largest absolute Gasteiger partial charge is 0.306 e. The quantitative estimate of drug-likeness (QED) is 0.817. The highest BCUT2D eigenvalue weighted by atomic mass is 35.5. The Morgan fingerprint density at radius 3 is 1.58 bits per heavy atom. The minimum atomic E-state index is -0.261. The van der Waals surface area contributed by atoms with Crippen LogP contribution in [0.1, 0.15) is 24.0 Å². The highest BCUT2D eigenvalue weighted by Crippen LogP contribution is 2.34. The molecule has 0 amide bonds. The molecule has 0 radical (unpaired) electrons. The lowest BCUT2D eigenvalue weighted by Crippen LogP contribution is -2.39. The van der Waals surface area contributed by atoms with Crippen molar-refractivity contribution in [3.8, 4) is 0 Å². The van der Waals surface area contributed by atoms with E-state index in [-0.39, 0.29) is 18.1 Å². The maximum absolute atomic E-state index is 5.13. The van der Waals surface area contributed by atoms with Gasteiger partial charge in [-0.2, -0.15) is 0 Å². The van der Waals surface area contributed by atoms with Crippen LogP contribution in [0.25, 0.3) is 0 Å². The monoisotopic (exact) mass is 339 g/mol. The van der Waals surface area contributed by atoms with Crippen molar-refractivity contribution < 1.29 is 0 Å². The number of benzene rings is 2. The molecule has 1 spiro atoms. The molecule has 2 aliphatic rings. The third-order valence-corrected chi connectivity index (χ3v) is 4.75. The van der Waals surface area contributed by atoms with E-state index in [1.165, 1.54) is 0 Å². The highest BCUT2D eigenvalue weighted by molar-refractivity contribution is 6.54. The van der Waals surface area contributed by atoms with E-state index in [0.29, 0.717) is 0 Å². The Balaban J connectivity index is 0.00000169. The summed E-state index contributed by atoms with van der Waals surface area (Å²) in [5, 5.41) is 0. The smallest absolute Gasteiger partial charge is 0.154 e. The highest BCUT2D eigenvalue weighted by Gasteiger charge is 2.39. The van der Waals surface area contributed by atoms with E-state index in [1.54, 1.807) is 0 Å². The number of likely N-dealkylation sites (tertiary alicyclic amines) is 1. The van der Waals surface area contributed by atoms with Crippen LogP contribution in [0.2, 0.25) is 0 Å². The zero-order chi connectivity index (χ0) is 15.7. The van der Waals surface area contributed by atoms with Gasteiger partial charge in [-0.05, 0) is 7.05 Å². The number of piperidine rings is 1. The summed E-state index contributed by atoms with van der Waals surface area (Å²) >= 11 is 0. The lowest BCUT2D eigenvalue weighted by atomic mass is 9.99. The predicted molar refractivity (Wildman–Crippen MR) is 103 cm³/mol. The van der Waals surface area contributed by atoms with Crippen LogP contribution < -0.4 is 0 Å². The van der Waals surface area contributed by atoms with Gasteiger partial charge in [-0.15, -0.1) is 12.4 Å². The average Bonchev–Trinajstić information content (AvgIpc) is 2.99. The molecule has 0 atom stereocenters. The van der Waals surface area contributed by atoms with Gasteiger partial charge in [0.15, 0.2) is 5.66 Å². The van der Waals surface area contributed by atoms with Crippen molar-refractivity contribution in [1.29, 1.82) is 0 Å². The Labute approximate surface area is 149 Å². The summed E-state index contributed by atoms with van der Waals surface area (Å²) in [6.45, 7) is 2.11. The molecule has 4 heteroatoms. The molecule has 3 nitrogen and oxygen atoms in total. The summed E-state index contributed by atoms with van der Waals surface area (Å²) in [6.07, 6.45) is 1.99. The first-order valence-electron chi connectivity index (χ1n) is 8.25. The lowest BCUT2D eigenvalue weighted by Gasteiger charge is -2.33. The van der Waals surface area contributed by atoms with Crippen molar-refractivity contribution in [3.05, 3.63) is 71.8 Å². The summed E-state index contributed by atoms with van der Waals surface area (Å²) in [5.74, 6) is 0. The zero-order valence-electron chi connectivity index (χ0n) is 13.9. The molecule has 0 unspecified atom stereocenters. The first kappa shape index (κ1) is 16.9. The van der Waals surface area contributed by atoms with Gasteiger partial charge in [-0.25, -0.2) is 0 Å². The molecule has 0 saturated carbocycles. The minimum Gasteiger partial charge on any atom is -0.306 e. The van der Waals surface area contributed by atoms with Gasteiger partial charge in [0, 0.05) is 37.1 Å². The Morgan fingerprint density at radius 1 is 0.750 bits per heavy atom. The SMILES string of the molecule is CN1CCC2(CC1)N=C(c1ccccc1)C(c1ccccc1)=N2.Cl. The van der Waals surface area contributed by atoms with E-state index in [2.05, 4.69) is 60.5 Å². The molecule has 124 valence electrons. The summed E-state index contributed by atoms with van der Waals surface area (Å²) in [7, 11) is 2.17. The second-order valence-electron chi connectivity index (χ2n) is 6.44. The van der Waals surface area contributed by atoms with Gasteiger partial charge in [-0.1, -0.05) is 60.7 Å². The number of rotatable bonds is 2. The van der Waals surface area contributed by atoms with E-state index < -0.39 is 0 Å². The van der Waals surface area contributed by atoms with Crippen LogP contribution in [0.5, 0.6) is 0 Å². The molecule has 0 aromatic heterocycles. The molecular weight excluding hydrogens is 318 g/mol. The molecule has 0 N–H and O–H groups in total. The first-order valence-corrected chi connectivity index (χ1v) is 8.25. The van der Waals surface area contributed by atoms with Crippen LogP contribution in [-0.2, 0) is 0 Å². The molecule has 2 heterocycles. The van der Waals surface area contributed by atoms with Crippen molar-refractivity contribution >= 4 is 23.8 Å². The van der Waals surface area contributed by atoms with Crippen LogP contribution in [0.15, 0.2) is 70.6 Å². The summed E-state index contributed by atoms with van der Waals surface area (Å²) in [4.78, 5) is 12.6. The third-order valence-electron chi connectivity index (χ3n) is 4.75. The topological polar surface area (TPSA) is 28.0 Å². The molecule has 1 fully saturated rings. The summed E-state index contributed by atoms with van der Waals surface area (Å²) in [6, 6.07) is 20.9. The molecule has 0 aliphatic carbocycles. The van der Waals surface area contributed by atoms with Crippen molar-refractivity contribution in [3.63, 3.8) is 0 Å². The Morgan fingerprint density at radius 2 is 1.17 bits per heavy atom. The van der Waals surface area contributed by atoms with Gasteiger partial charge in [0.2, 0.25) is 0 Å². The van der Waals surface area contributed by atoms with Gasteiger partial charge >= 0.3 is 0 Å².